The molecular formula is C9H16N2O2S3. The number of aromatic nitrogens is 2. The predicted octanol–water partition coefficient (Wildman–Crippen LogP) is 2.14. The van der Waals surface area contributed by atoms with Gasteiger partial charge < -0.3 is 9.84 Å². The Morgan fingerprint density at radius 1 is 1.38 bits per heavy atom. The Hall–Kier alpha value is 0.180. The van der Waals surface area contributed by atoms with Crippen molar-refractivity contribution in [2.75, 3.05) is 18.6 Å². The van der Waals surface area contributed by atoms with Gasteiger partial charge in [-0.15, -0.1) is 10.2 Å². The normalized spacial score (nSPS) is 13.3. The van der Waals surface area contributed by atoms with Crippen molar-refractivity contribution in [1.82, 2.24) is 10.2 Å². The molecule has 0 amide bonds. The highest BCUT2D eigenvalue weighted by molar-refractivity contribution is 8.02. The maximum atomic E-state index is 9.63. The van der Waals surface area contributed by atoms with Crippen LogP contribution >= 0.6 is 34.9 Å². The summed E-state index contributed by atoms with van der Waals surface area (Å²) in [4.78, 5) is 0. The van der Waals surface area contributed by atoms with Crippen molar-refractivity contribution in [2.45, 2.75) is 34.7 Å². The molecule has 0 fully saturated rings. The summed E-state index contributed by atoms with van der Waals surface area (Å²) in [5.41, 5.74) is 0. The Bertz CT molecular complexity index is 307. The van der Waals surface area contributed by atoms with Crippen molar-refractivity contribution >= 4 is 34.9 Å². The second kappa shape index (κ2) is 7.50. The molecule has 0 aromatic carbocycles. The lowest BCUT2D eigenvalue weighted by molar-refractivity contribution is 0.0152. The zero-order chi connectivity index (χ0) is 12.0. The molecular weight excluding hydrogens is 264 g/mol. The van der Waals surface area contributed by atoms with Gasteiger partial charge in [0.15, 0.2) is 8.68 Å². The molecule has 0 bridgehead atoms. The lowest BCUT2D eigenvalue weighted by atomic mass is 10.4. The summed E-state index contributed by atoms with van der Waals surface area (Å²) in [5.74, 6) is 0.593. The SMILES string of the molecule is CSc1nnc(SCC(O)COC(C)C)s1. The molecule has 1 N–H and O–H groups in total. The quantitative estimate of drug-likeness (QED) is 0.772. The summed E-state index contributed by atoms with van der Waals surface area (Å²) in [6.45, 7) is 4.28. The minimum absolute atomic E-state index is 0.157. The Kier molecular flexibility index (Phi) is 6.67. The van der Waals surface area contributed by atoms with Gasteiger partial charge in [-0.3, -0.25) is 0 Å². The first-order valence-electron chi connectivity index (χ1n) is 4.91. The van der Waals surface area contributed by atoms with Gasteiger partial charge in [-0.2, -0.15) is 0 Å². The highest BCUT2D eigenvalue weighted by Crippen LogP contribution is 2.27. The van der Waals surface area contributed by atoms with Crippen LogP contribution in [0.15, 0.2) is 8.68 Å². The molecule has 1 unspecified atom stereocenters. The van der Waals surface area contributed by atoms with E-state index in [9.17, 15) is 5.11 Å². The van der Waals surface area contributed by atoms with Crippen LogP contribution in [0.25, 0.3) is 0 Å². The number of nitrogens with zero attached hydrogens (tertiary/aromatic N) is 2. The van der Waals surface area contributed by atoms with Crippen LogP contribution in [0, 0.1) is 0 Å². The van der Waals surface area contributed by atoms with Gasteiger partial charge in [0.2, 0.25) is 0 Å². The van der Waals surface area contributed by atoms with E-state index in [0.717, 1.165) is 8.68 Å². The monoisotopic (exact) mass is 280 g/mol. The number of aliphatic hydroxyl groups is 1. The zero-order valence-electron chi connectivity index (χ0n) is 9.54. The van der Waals surface area contributed by atoms with E-state index in [1.165, 1.54) is 11.8 Å². The highest BCUT2D eigenvalue weighted by atomic mass is 32.2. The van der Waals surface area contributed by atoms with Crippen LogP contribution in [0.3, 0.4) is 0 Å². The number of thioether (sulfide) groups is 2. The Morgan fingerprint density at radius 2 is 2.06 bits per heavy atom. The van der Waals surface area contributed by atoms with E-state index in [4.69, 9.17) is 4.74 Å². The predicted molar refractivity (Wildman–Crippen MR) is 69.5 cm³/mol. The number of ether oxygens (including phenoxy) is 1. The van der Waals surface area contributed by atoms with Crippen molar-refractivity contribution in [3.05, 3.63) is 0 Å². The molecule has 0 aliphatic carbocycles. The molecule has 16 heavy (non-hydrogen) atoms. The number of hydrogen-bond donors (Lipinski definition) is 1. The van der Waals surface area contributed by atoms with Gasteiger partial charge in [0.05, 0.1) is 18.8 Å². The molecule has 0 saturated carbocycles. The molecule has 7 heteroatoms. The van der Waals surface area contributed by atoms with E-state index >= 15 is 0 Å². The molecule has 1 rings (SSSR count). The molecule has 4 nitrogen and oxygen atoms in total. The maximum absolute atomic E-state index is 9.63. The molecule has 92 valence electrons. The van der Waals surface area contributed by atoms with Crippen molar-refractivity contribution < 1.29 is 9.84 Å². The molecule has 0 spiro atoms. The summed E-state index contributed by atoms with van der Waals surface area (Å²) in [6, 6.07) is 0. The minimum Gasteiger partial charge on any atom is -0.390 e. The number of rotatable bonds is 7. The van der Waals surface area contributed by atoms with Gasteiger partial charge in [0, 0.05) is 5.75 Å². The molecule has 0 radical (unpaired) electrons. The second-order valence-corrected chi connectivity index (χ2v) is 6.68. The summed E-state index contributed by atoms with van der Waals surface area (Å²) in [7, 11) is 0. The summed E-state index contributed by atoms with van der Waals surface area (Å²) < 4.78 is 7.17. The smallest absolute Gasteiger partial charge is 0.175 e. The number of aliphatic hydroxyl groups excluding tert-OH is 1. The van der Waals surface area contributed by atoms with E-state index in [1.54, 1.807) is 23.1 Å². The first-order chi connectivity index (χ1) is 7.61. The molecule has 0 aliphatic rings. The van der Waals surface area contributed by atoms with Crippen LogP contribution in [0.2, 0.25) is 0 Å². The van der Waals surface area contributed by atoms with Gasteiger partial charge in [0.25, 0.3) is 0 Å². The summed E-state index contributed by atoms with van der Waals surface area (Å²) >= 11 is 4.65. The summed E-state index contributed by atoms with van der Waals surface area (Å²) in [6.07, 6.45) is 1.68. The van der Waals surface area contributed by atoms with Gasteiger partial charge in [0.1, 0.15) is 0 Å². The number of hydrogen-bond acceptors (Lipinski definition) is 7. The lowest BCUT2D eigenvalue weighted by Crippen LogP contribution is -2.20. The van der Waals surface area contributed by atoms with E-state index < -0.39 is 6.10 Å². The average Bonchev–Trinajstić information content (AvgIpc) is 2.71. The Morgan fingerprint density at radius 3 is 2.62 bits per heavy atom. The van der Waals surface area contributed by atoms with Crippen molar-refractivity contribution in [2.24, 2.45) is 0 Å². The Labute approximate surface area is 108 Å². The Balaban J connectivity index is 2.23. The fraction of sp³-hybridized carbons (Fsp3) is 0.778. The van der Waals surface area contributed by atoms with Crippen LogP contribution in [0.4, 0.5) is 0 Å². The third-order valence-corrected chi connectivity index (χ3v) is 4.76. The van der Waals surface area contributed by atoms with Crippen LogP contribution in [-0.4, -0.2) is 46.1 Å². The van der Waals surface area contributed by atoms with Crippen molar-refractivity contribution in [3.63, 3.8) is 0 Å². The standard InChI is InChI=1S/C9H16N2O2S3/c1-6(2)13-4-7(12)5-15-9-11-10-8(14-3)16-9/h6-7,12H,4-5H2,1-3H3. The fourth-order valence-corrected chi connectivity index (χ4v) is 3.23. The lowest BCUT2D eigenvalue weighted by Gasteiger charge is -2.11. The molecule has 1 heterocycles. The molecule has 0 aliphatic heterocycles. The average molecular weight is 280 g/mol. The summed E-state index contributed by atoms with van der Waals surface area (Å²) in [5, 5.41) is 17.6. The maximum Gasteiger partial charge on any atom is 0.175 e. The minimum atomic E-state index is -0.450. The molecule has 1 aromatic rings. The van der Waals surface area contributed by atoms with Crippen LogP contribution in [-0.2, 0) is 4.74 Å². The fourth-order valence-electron chi connectivity index (χ4n) is 0.857. The zero-order valence-corrected chi connectivity index (χ0v) is 12.0. The van der Waals surface area contributed by atoms with Gasteiger partial charge in [-0.05, 0) is 20.1 Å². The topological polar surface area (TPSA) is 55.2 Å². The van der Waals surface area contributed by atoms with E-state index in [1.807, 2.05) is 20.1 Å². The first kappa shape index (κ1) is 14.2. The van der Waals surface area contributed by atoms with Crippen LogP contribution in [0.5, 0.6) is 0 Å². The van der Waals surface area contributed by atoms with E-state index in [-0.39, 0.29) is 6.10 Å². The second-order valence-electron chi connectivity index (χ2n) is 3.38. The molecule has 1 aromatic heterocycles. The first-order valence-corrected chi connectivity index (χ1v) is 7.94. The van der Waals surface area contributed by atoms with Crippen molar-refractivity contribution in [3.8, 4) is 0 Å². The van der Waals surface area contributed by atoms with Crippen LogP contribution < -0.4 is 0 Å². The van der Waals surface area contributed by atoms with Gasteiger partial charge >= 0.3 is 0 Å². The van der Waals surface area contributed by atoms with Gasteiger partial charge in [-0.25, -0.2) is 0 Å². The molecule has 0 saturated heterocycles. The highest BCUT2D eigenvalue weighted by Gasteiger charge is 2.09. The third-order valence-electron chi connectivity index (χ3n) is 1.58. The third kappa shape index (κ3) is 5.49. The largest absolute Gasteiger partial charge is 0.390 e. The van der Waals surface area contributed by atoms with Crippen molar-refractivity contribution in [1.29, 1.82) is 0 Å². The van der Waals surface area contributed by atoms with E-state index in [0.29, 0.717) is 12.4 Å². The molecule has 1 atom stereocenters. The van der Waals surface area contributed by atoms with Gasteiger partial charge in [-0.1, -0.05) is 34.9 Å². The van der Waals surface area contributed by atoms with Crippen LogP contribution in [0.1, 0.15) is 13.8 Å². The van der Waals surface area contributed by atoms with E-state index in [2.05, 4.69) is 10.2 Å².